The summed E-state index contributed by atoms with van der Waals surface area (Å²) in [6, 6.07) is 0. The van der Waals surface area contributed by atoms with Crippen molar-refractivity contribution in [1.82, 2.24) is 4.90 Å². The maximum absolute atomic E-state index is 5.30. The highest BCUT2D eigenvalue weighted by Crippen LogP contribution is 2.06. The highest BCUT2D eigenvalue weighted by molar-refractivity contribution is 4.59. The Hall–Kier alpha value is -0.500. The van der Waals surface area contributed by atoms with Crippen LogP contribution in [0.15, 0.2) is 12.8 Å². The fourth-order valence-electron chi connectivity index (χ4n) is 0.938. The minimum Gasteiger partial charge on any atom is -0.483 e. The molecular formula is C9H19NO. The molecule has 2 nitrogen and oxygen atoms in total. The first-order chi connectivity index (χ1) is 5.22. The van der Waals surface area contributed by atoms with Gasteiger partial charge >= 0.3 is 0 Å². The molecule has 0 aliphatic rings. The summed E-state index contributed by atoms with van der Waals surface area (Å²) in [7, 11) is 4.04. The molecule has 0 amide bonds. The van der Waals surface area contributed by atoms with Gasteiger partial charge in [-0.25, -0.2) is 0 Å². The minimum atomic E-state index is 0.201. The Labute approximate surface area is 69.8 Å². The van der Waals surface area contributed by atoms with Crippen LogP contribution in [0.5, 0.6) is 0 Å². The zero-order valence-electron chi connectivity index (χ0n) is 7.84. The Morgan fingerprint density at radius 3 is 2.55 bits per heavy atom. The summed E-state index contributed by atoms with van der Waals surface area (Å²) >= 11 is 0. The van der Waals surface area contributed by atoms with Gasteiger partial charge in [-0.2, -0.15) is 0 Å². The summed E-state index contributed by atoms with van der Waals surface area (Å²) in [5.41, 5.74) is 0. The van der Waals surface area contributed by atoms with E-state index in [0.717, 1.165) is 6.42 Å². The largest absolute Gasteiger partial charge is 0.483 e. The minimum absolute atomic E-state index is 0.201. The van der Waals surface area contributed by atoms with Crippen molar-refractivity contribution in [3.63, 3.8) is 0 Å². The van der Waals surface area contributed by atoms with Crippen LogP contribution in [0.3, 0.4) is 0 Å². The smallest absolute Gasteiger partial charge is 0.151 e. The summed E-state index contributed by atoms with van der Waals surface area (Å²) in [6.07, 6.45) is 5.21. The Bertz CT molecular complexity index is 102. The number of ether oxygens (including phenoxy) is 1. The Balaban J connectivity index is 3.59. The number of hydrogen-bond acceptors (Lipinski definition) is 2. The van der Waals surface area contributed by atoms with Crippen LogP contribution in [0.1, 0.15) is 26.2 Å². The summed E-state index contributed by atoms with van der Waals surface area (Å²) in [6.45, 7) is 5.72. The molecule has 0 radical (unpaired) electrons. The lowest BCUT2D eigenvalue weighted by molar-refractivity contribution is 0.0168. The topological polar surface area (TPSA) is 12.5 Å². The predicted molar refractivity (Wildman–Crippen MR) is 48.3 cm³/mol. The number of rotatable bonds is 6. The quantitative estimate of drug-likeness (QED) is 0.433. The van der Waals surface area contributed by atoms with Gasteiger partial charge in [-0.3, -0.25) is 4.90 Å². The lowest BCUT2D eigenvalue weighted by Crippen LogP contribution is -2.28. The van der Waals surface area contributed by atoms with Crippen LogP contribution in [0.25, 0.3) is 0 Å². The third-order valence-electron chi connectivity index (χ3n) is 1.63. The Morgan fingerprint density at radius 2 is 2.18 bits per heavy atom. The molecule has 2 heteroatoms. The van der Waals surface area contributed by atoms with E-state index in [1.165, 1.54) is 19.1 Å². The molecule has 0 bridgehead atoms. The zero-order valence-corrected chi connectivity index (χ0v) is 7.84. The third kappa shape index (κ3) is 4.85. The van der Waals surface area contributed by atoms with Crippen molar-refractivity contribution in [2.45, 2.75) is 32.4 Å². The van der Waals surface area contributed by atoms with E-state index in [-0.39, 0.29) is 6.23 Å². The van der Waals surface area contributed by atoms with Crippen molar-refractivity contribution in [3.8, 4) is 0 Å². The van der Waals surface area contributed by atoms with Gasteiger partial charge in [-0.05, 0) is 26.9 Å². The van der Waals surface area contributed by atoms with E-state index in [1.807, 2.05) is 14.1 Å². The van der Waals surface area contributed by atoms with Gasteiger partial charge in [0.05, 0.1) is 6.26 Å². The average molecular weight is 157 g/mol. The summed E-state index contributed by atoms with van der Waals surface area (Å²) in [5, 5.41) is 0. The second-order valence-electron chi connectivity index (χ2n) is 2.86. The lowest BCUT2D eigenvalue weighted by Gasteiger charge is -2.22. The summed E-state index contributed by atoms with van der Waals surface area (Å²) in [4.78, 5) is 2.07. The van der Waals surface area contributed by atoms with Crippen molar-refractivity contribution in [2.24, 2.45) is 0 Å². The van der Waals surface area contributed by atoms with Crippen LogP contribution in [0.2, 0.25) is 0 Å². The molecule has 0 spiro atoms. The van der Waals surface area contributed by atoms with Crippen molar-refractivity contribution in [1.29, 1.82) is 0 Å². The first-order valence-electron chi connectivity index (χ1n) is 4.15. The molecule has 0 fully saturated rings. The molecule has 0 aliphatic carbocycles. The molecule has 0 aromatic heterocycles. The zero-order chi connectivity index (χ0) is 8.69. The third-order valence-corrected chi connectivity index (χ3v) is 1.63. The maximum Gasteiger partial charge on any atom is 0.151 e. The number of hydrogen-bond donors (Lipinski definition) is 0. The van der Waals surface area contributed by atoms with Crippen LogP contribution in [-0.4, -0.2) is 25.2 Å². The predicted octanol–water partition coefficient (Wildman–Crippen LogP) is 2.22. The molecule has 66 valence electrons. The first-order valence-corrected chi connectivity index (χ1v) is 4.15. The molecular weight excluding hydrogens is 138 g/mol. The van der Waals surface area contributed by atoms with Gasteiger partial charge in [0.1, 0.15) is 0 Å². The molecule has 0 heterocycles. The first kappa shape index (κ1) is 10.5. The standard InChI is InChI=1S/C9H19NO/c1-5-7-8-9(10(3)4)11-6-2/h6,9H,2,5,7-8H2,1,3-4H3. The molecule has 0 saturated carbocycles. The van der Waals surface area contributed by atoms with E-state index in [4.69, 9.17) is 4.74 Å². The molecule has 0 saturated heterocycles. The highest BCUT2D eigenvalue weighted by Gasteiger charge is 2.08. The van der Waals surface area contributed by atoms with Gasteiger partial charge in [-0.1, -0.05) is 19.9 Å². The van der Waals surface area contributed by atoms with Crippen LogP contribution in [0, 0.1) is 0 Å². The highest BCUT2D eigenvalue weighted by atomic mass is 16.5. The molecule has 0 rings (SSSR count). The SMILES string of the molecule is C=COC(CCCC)N(C)C. The van der Waals surface area contributed by atoms with Gasteiger partial charge in [-0.15, -0.1) is 0 Å². The van der Waals surface area contributed by atoms with Crippen molar-refractivity contribution >= 4 is 0 Å². The average Bonchev–Trinajstić information content (AvgIpc) is 1.97. The monoisotopic (exact) mass is 157 g/mol. The van der Waals surface area contributed by atoms with Crippen LogP contribution < -0.4 is 0 Å². The summed E-state index contributed by atoms with van der Waals surface area (Å²) in [5.74, 6) is 0. The molecule has 0 N–H and O–H groups in total. The second kappa shape index (κ2) is 6.23. The summed E-state index contributed by atoms with van der Waals surface area (Å²) < 4.78 is 5.30. The Morgan fingerprint density at radius 1 is 1.55 bits per heavy atom. The van der Waals surface area contributed by atoms with Crippen LogP contribution in [0.4, 0.5) is 0 Å². The molecule has 0 aromatic carbocycles. The molecule has 1 atom stereocenters. The number of nitrogens with zero attached hydrogens (tertiary/aromatic N) is 1. The van der Waals surface area contributed by atoms with Gasteiger partial charge in [0.25, 0.3) is 0 Å². The lowest BCUT2D eigenvalue weighted by atomic mass is 10.2. The normalized spacial score (nSPS) is 13.1. The van der Waals surface area contributed by atoms with Crippen molar-refractivity contribution < 1.29 is 4.74 Å². The van der Waals surface area contributed by atoms with Gasteiger partial charge in [0, 0.05) is 0 Å². The molecule has 1 unspecified atom stereocenters. The van der Waals surface area contributed by atoms with Gasteiger partial charge in [0.15, 0.2) is 6.23 Å². The fraction of sp³-hybridized carbons (Fsp3) is 0.778. The van der Waals surface area contributed by atoms with E-state index in [2.05, 4.69) is 18.4 Å². The fourth-order valence-corrected chi connectivity index (χ4v) is 0.938. The molecule has 0 aromatic rings. The van der Waals surface area contributed by atoms with Crippen molar-refractivity contribution in [2.75, 3.05) is 14.1 Å². The molecule has 0 aliphatic heterocycles. The van der Waals surface area contributed by atoms with E-state index < -0.39 is 0 Å². The van der Waals surface area contributed by atoms with E-state index in [0.29, 0.717) is 0 Å². The van der Waals surface area contributed by atoms with E-state index in [9.17, 15) is 0 Å². The van der Waals surface area contributed by atoms with Crippen LogP contribution >= 0.6 is 0 Å². The van der Waals surface area contributed by atoms with Crippen molar-refractivity contribution in [3.05, 3.63) is 12.8 Å². The van der Waals surface area contributed by atoms with E-state index >= 15 is 0 Å². The maximum atomic E-state index is 5.30. The van der Waals surface area contributed by atoms with Gasteiger partial charge in [0.2, 0.25) is 0 Å². The Kier molecular flexibility index (Phi) is 5.94. The van der Waals surface area contributed by atoms with E-state index in [1.54, 1.807) is 0 Å². The second-order valence-corrected chi connectivity index (χ2v) is 2.86. The van der Waals surface area contributed by atoms with Crippen LogP contribution in [-0.2, 0) is 4.74 Å². The molecule has 11 heavy (non-hydrogen) atoms. The number of unbranched alkanes of at least 4 members (excludes halogenated alkanes) is 1. The van der Waals surface area contributed by atoms with Gasteiger partial charge < -0.3 is 4.74 Å².